The second kappa shape index (κ2) is 13.3. The SMILES string of the molecule is CC1(C)CC=C(c2nc(C3CC(C)(C)OC(C)(C(=O)OO)C3)ccc2CC(=O)c2nc(C#N)cn2COCC[Si](C)(C)C)CC1. The molecule has 0 amide bonds. The van der Waals surface area contributed by atoms with Gasteiger partial charge < -0.3 is 14.0 Å². The van der Waals surface area contributed by atoms with Crippen LogP contribution in [-0.2, 0) is 32.3 Å². The van der Waals surface area contributed by atoms with Gasteiger partial charge in [0.15, 0.2) is 17.1 Å². The highest BCUT2D eigenvalue weighted by Crippen LogP contribution is 2.45. The summed E-state index contributed by atoms with van der Waals surface area (Å²) in [6.07, 6.45) is 7.49. The van der Waals surface area contributed by atoms with E-state index in [9.17, 15) is 14.9 Å². The highest BCUT2D eigenvalue weighted by atomic mass is 28.3. The van der Waals surface area contributed by atoms with Crippen LogP contribution in [0, 0.1) is 16.7 Å². The molecule has 0 aromatic carbocycles. The lowest BCUT2D eigenvalue weighted by atomic mass is 9.76. The Morgan fingerprint density at radius 1 is 1.16 bits per heavy atom. The van der Waals surface area contributed by atoms with E-state index in [4.69, 9.17) is 19.7 Å². The van der Waals surface area contributed by atoms with Gasteiger partial charge in [-0.05, 0) is 81.5 Å². The van der Waals surface area contributed by atoms with Crippen LogP contribution in [0.15, 0.2) is 24.4 Å². The summed E-state index contributed by atoms with van der Waals surface area (Å²) in [4.78, 5) is 39.9. The van der Waals surface area contributed by atoms with Crippen molar-refractivity contribution in [2.45, 2.75) is 123 Å². The number of ether oxygens (including phenoxy) is 2. The first-order valence-corrected chi connectivity index (χ1v) is 19.5. The standard InChI is InChI=1S/C34H48N4O6Si/c1-32(2)13-11-23(12-14-32)29-24(9-10-27(37-29)25-18-33(3,4)44-34(5,19-25)31(40)43-41)17-28(39)30-36-26(20-35)21-38(30)22-42-15-16-45(6,7)8/h9-11,21,25,41H,12-19,22H2,1-8H3. The minimum Gasteiger partial charge on any atom is -0.361 e. The number of hydrogen-bond acceptors (Lipinski definition) is 9. The topological polar surface area (TPSA) is 137 Å². The van der Waals surface area contributed by atoms with Gasteiger partial charge in [0, 0.05) is 38.9 Å². The second-order valence-corrected chi connectivity index (χ2v) is 21.0. The Morgan fingerprint density at radius 3 is 2.51 bits per heavy atom. The molecular weight excluding hydrogens is 588 g/mol. The molecular formula is C34H48N4O6Si. The van der Waals surface area contributed by atoms with Gasteiger partial charge in [0.05, 0.1) is 11.3 Å². The fourth-order valence-corrected chi connectivity index (χ4v) is 7.04. The number of ketones is 1. The number of allylic oxidation sites excluding steroid dienone is 2. The average Bonchev–Trinajstić information content (AvgIpc) is 3.37. The summed E-state index contributed by atoms with van der Waals surface area (Å²) in [5.74, 6) is -1.01. The van der Waals surface area contributed by atoms with Gasteiger partial charge in [-0.25, -0.2) is 9.78 Å². The van der Waals surface area contributed by atoms with Crippen LogP contribution in [0.25, 0.3) is 5.57 Å². The second-order valence-electron chi connectivity index (χ2n) is 15.4. The maximum absolute atomic E-state index is 13.8. The third kappa shape index (κ3) is 8.76. The quantitative estimate of drug-likeness (QED) is 0.0915. The van der Waals surface area contributed by atoms with E-state index in [0.29, 0.717) is 19.4 Å². The summed E-state index contributed by atoms with van der Waals surface area (Å²) in [7, 11) is -1.28. The van der Waals surface area contributed by atoms with Crippen molar-refractivity contribution in [1.29, 1.82) is 5.26 Å². The van der Waals surface area contributed by atoms with E-state index < -0.39 is 25.2 Å². The number of imidazole rings is 1. The van der Waals surface area contributed by atoms with Crippen molar-refractivity contribution in [2.24, 2.45) is 5.41 Å². The molecule has 2 unspecified atom stereocenters. The minimum absolute atomic E-state index is 0.0634. The monoisotopic (exact) mass is 636 g/mol. The summed E-state index contributed by atoms with van der Waals surface area (Å²) < 4.78 is 13.6. The number of rotatable bonds is 11. The molecule has 2 aromatic rings. The molecule has 2 aliphatic rings. The number of Topliss-reactive ketones (excluding diaryl/α,β-unsaturated/α-hetero) is 1. The first-order chi connectivity index (χ1) is 20.9. The van der Waals surface area contributed by atoms with Crippen molar-refractivity contribution in [3.8, 4) is 6.07 Å². The fourth-order valence-electron chi connectivity index (χ4n) is 6.29. The average molecular weight is 637 g/mol. The van der Waals surface area contributed by atoms with Crippen LogP contribution in [0.5, 0.6) is 0 Å². The Bertz CT molecular complexity index is 1500. The highest BCUT2D eigenvalue weighted by Gasteiger charge is 2.49. The molecule has 3 heterocycles. The van der Waals surface area contributed by atoms with E-state index in [-0.39, 0.29) is 41.8 Å². The molecule has 10 nitrogen and oxygen atoms in total. The predicted molar refractivity (Wildman–Crippen MR) is 173 cm³/mol. The smallest absolute Gasteiger partial charge is 0.361 e. The van der Waals surface area contributed by atoms with Gasteiger partial charge in [0.2, 0.25) is 5.78 Å². The maximum Gasteiger partial charge on any atom is 0.373 e. The van der Waals surface area contributed by atoms with E-state index in [1.165, 1.54) is 0 Å². The van der Waals surface area contributed by atoms with Crippen LogP contribution in [0.3, 0.4) is 0 Å². The molecule has 4 rings (SSSR count). The van der Waals surface area contributed by atoms with Crippen LogP contribution in [0.2, 0.25) is 25.7 Å². The molecule has 0 saturated carbocycles. The van der Waals surface area contributed by atoms with E-state index in [1.807, 2.05) is 32.0 Å². The number of nitrogens with zero attached hydrogens (tertiary/aromatic N) is 4. The zero-order chi connectivity index (χ0) is 33.2. The largest absolute Gasteiger partial charge is 0.373 e. The van der Waals surface area contributed by atoms with E-state index >= 15 is 0 Å². The Hall–Kier alpha value is -3.17. The van der Waals surface area contributed by atoms with Crippen LogP contribution >= 0.6 is 0 Å². The molecule has 2 atom stereocenters. The highest BCUT2D eigenvalue weighted by molar-refractivity contribution is 6.76. The lowest BCUT2D eigenvalue weighted by Gasteiger charge is -2.44. The van der Waals surface area contributed by atoms with Gasteiger partial charge in [-0.2, -0.15) is 10.5 Å². The van der Waals surface area contributed by atoms with Crippen LogP contribution in [0.1, 0.15) is 106 Å². The summed E-state index contributed by atoms with van der Waals surface area (Å²) >= 11 is 0. The summed E-state index contributed by atoms with van der Waals surface area (Å²) in [6.45, 7) is 17.5. The molecule has 1 aliphatic carbocycles. The normalized spacial score (nSPS) is 22.8. The van der Waals surface area contributed by atoms with Gasteiger partial charge in [0.1, 0.15) is 12.8 Å². The van der Waals surface area contributed by atoms with Gasteiger partial charge >= 0.3 is 5.97 Å². The molecule has 11 heteroatoms. The Morgan fingerprint density at radius 2 is 1.89 bits per heavy atom. The summed E-state index contributed by atoms with van der Waals surface area (Å²) in [5.41, 5.74) is 1.81. The van der Waals surface area contributed by atoms with Crippen molar-refractivity contribution in [1.82, 2.24) is 14.5 Å². The molecule has 1 aliphatic heterocycles. The van der Waals surface area contributed by atoms with Crippen molar-refractivity contribution >= 4 is 25.4 Å². The van der Waals surface area contributed by atoms with Crippen molar-refractivity contribution in [3.05, 3.63) is 52.9 Å². The molecule has 244 valence electrons. The van der Waals surface area contributed by atoms with Gasteiger partial charge in [-0.3, -0.25) is 14.7 Å². The number of hydrogen-bond donors (Lipinski definition) is 1. The van der Waals surface area contributed by atoms with Crippen molar-refractivity contribution < 1.29 is 29.2 Å². The van der Waals surface area contributed by atoms with E-state index in [0.717, 1.165) is 47.8 Å². The zero-order valence-corrected chi connectivity index (χ0v) is 29.0. The zero-order valence-electron chi connectivity index (χ0n) is 28.0. The fraction of sp³-hybridized carbons (Fsp3) is 0.618. The van der Waals surface area contributed by atoms with Crippen molar-refractivity contribution in [2.75, 3.05) is 6.61 Å². The first-order valence-electron chi connectivity index (χ1n) is 15.8. The predicted octanol–water partition coefficient (Wildman–Crippen LogP) is 6.93. The minimum atomic E-state index is -1.33. The van der Waals surface area contributed by atoms with Gasteiger partial charge in [-0.1, -0.05) is 45.6 Å². The van der Waals surface area contributed by atoms with Gasteiger partial charge in [0.25, 0.3) is 0 Å². The number of carbonyl (C=O) groups excluding carboxylic acids is 2. The lowest BCUT2D eigenvalue weighted by molar-refractivity contribution is -0.269. The molecule has 1 saturated heterocycles. The van der Waals surface area contributed by atoms with Crippen molar-refractivity contribution in [3.63, 3.8) is 0 Å². The van der Waals surface area contributed by atoms with Gasteiger partial charge in [-0.15, -0.1) is 0 Å². The van der Waals surface area contributed by atoms with E-state index in [1.54, 1.807) is 17.7 Å². The summed E-state index contributed by atoms with van der Waals surface area (Å²) in [5, 5.41) is 18.7. The number of pyridine rings is 1. The molecule has 0 bridgehead atoms. The molecule has 2 aromatic heterocycles. The van der Waals surface area contributed by atoms with E-state index in [2.05, 4.69) is 49.4 Å². The first kappa shape index (κ1) is 34.7. The molecule has 1 fully saturated rings. The summed E-state index contributed by atoms with van der Waals surface area (Å²) in [6, 6.07) is 6.91. The molecule has 45 heavy (non-hydrogen) atoms. The maximum atomic E-state index is 13.8. The Labute approximate surface area is 267 Å². The van der Waals surface area contributed by atoms with Crippen LogP contribution < -0.4 is 0 Å². The van der Waals surface area contributed by atoms with Crippen LogP contribution in [0.4, 0.5) is 0 Å². The van der Waals surface area contributed by atoms with Crippen LogP contribution in [-0.4, -0.2) is 57.4 Å². The number of aromatic nitrogens is 3. The molecule has 0 spiro atoms. The Balaban J connectivity index is 1.66. The number of carbonyl (C=O) groups is 2. The lowest BCUT2D eigenvalue weighted by Crippen LogP contribution is -2.51. The Kier molecular flexibility index (Phi) is 10.2. The molecule has 1 N–H and O–H groups in total. The number of nitriles is 1. The third-order valence-corrected chi connectivity index (χ3v) is 10.5. The molecule has 0 radical (unpaired) electrons. The third-order valence-electron chi connectivity index (χ3n) is 8.80.